The number of carbonyl (C=O) groups excluding carboxylic acids is 1. The summed E-state index contributed by atoms with van der Waals surface area (Å²) in [5.41, 5.74) is 0.902. The van der Waals surface area contributed by atoms with Gasteiger partial charge in [0, 0.05) is 22.1 Å². The Kier molecular flexibility index (Phi) is 3.74. The molecule has 1 amide bonds. The lowest BCUT2D eigenvalue weighted by Gasteiger charge is -2.20. The van der Waals surface area contributed by atoms with Gasteiger partial charge in [-0.15, -0.1) is 0 Å². The summed E-state index contributed by atoms with van der Waals surface area (Å²) in [6.45, 7) is 4.93. The average molecular weight is 309 g/mol. The van der Waals surface area contributed by atoms with E-state index in [0.717, 1.165) is 16.7 Å². The van der Waals surface area contributed by atoms with Crippen LogP contribution in [0, 0.1) is 5.92 Å². The molecule has 0 saturated heterocycles. The summed E-state index contributed by atoms with van der Waals surface area (Å²) in [6, 6.07) is 0. The molecule has 0 spiro atoms. The molecule has 0 aromatic carbocycles. The van der Waals surface area contributed by atoms with Crippen LogP contribution in [-0.2, 0) is 4.79 Å². The van der Waals surface area contributed by atoms with Gasteiger partial charge in [0.2, 0.25) is 0 Å². The van der Waals surface area contributed by atoms with Crippen molar-refractivity contribution in [3.05, 3.63) is 21.2 Å². The monoisotopic (exact) mass is 307 g/mol. The van der Waals surface area contributed by atoms with E-state index in [9.17, 15) is 4.79 Å². The molecular formula is C9H11Br2NO. The van der Waals surface area contributed by atoms with Crippen LogP contribution >= 0.6 is 31.9 Å². The van der Waals surface area contributed by atoms with Crippen LogP contribution in [-0.4, -0.2) is 17.4 Å². The van der Waals surface area contributed by atoms with Crippen LogP contribution in [0.2, 0.25) is 0 Å². The molecule has 0 radical (unpaired) electrons. The highest BCUT2D eigenvalue weighted by Crippen LogP contribution is 2.29. The fraction of sp³-hybridized carbons (Fsp3) is 0.444. The van der Waals surface area contributed by atoms with Gasteiger partial charge in [0.1, 0.15) is 0 Å². The molecule has 0 aliphatic carbocycles. The maximum atomic E-state index is 11.4. The SMILES string of the molecule is CC(C)CN1C(=O)C=C(Br)/C1=C/Br. The van der Waals surface area contributed by atoms with Crippen molar-refractivity contribution in [2.75, 3.05) is 6.54 Å². The van der Waals surface area contributed by atoms with Gasteiger partial charge in [-0.25, -0.2) is 0 Å². The van der Waals surface area contributed by atoms with E-state index in [1.165, 1.54) is 0 Å². The van der Waals surface area contributed by atoms with E-state index in [-0.39, 0.29) is 5.91 Å². The van der Waals surface area contributed by atoms with Crippen LogP contribution in [0.25, 0.3) is 0 Å². The van der Waals surface area contributed by atoms with E-state index in [0.29, 0.717) is 5.92 Å². The second kappa shape index (κ2) is 4.42. The first-order valence-electron chi connectivity index (χ1n) is 4.05. The summed E-state index contributed by atoms with van der Waals surface area (Å²) in [6.07, 6.45) is 1.59. The highest BCUT2D eigenvalue weighted by Gasteiger charge is 2.25. The van der Waals surface area contributed by atoms with Crippen LogP contribution < -0.4 is 0 Å². The van der Waals surface area contributed by atoms with Crippen molar-refractivity contribution in [2.45, 2.75) is 13.8 Å². The zero-order valence-corrected chi connectivity index (χ0v) is 10.7. The van der Waals surface area contributed by atoms with E-state index >= 15 is 0 Å². The number of halogens is 2. The van der Waals surface area contributed by atoms with Crippen LogP contribution in [0.3, 0.4) is 0 Å². The molecule has 0 unspecified atom stereocenters. The molecule has 13 heavy (non-hydrogen) atoms. The predicted molar refractivity (Wildman–Crippen MR) is 60.6 cm³/mol. The Bertz CT molecular complexity index is 281. The van der Waals surface area contributed by atoms with Gasteiger partial charge in [-0.2, -0.15) is 0 Å². The summed E-state index contributed by atoms with van der Waals surface area (Å²) in [5.74, 6) is 0.518. The van der Waals surface area contributed by atoms with Gasteiger partial charge in [0.15, 0.2) is 0 Å². The van der Waals surface area contributed by atoms with Crippen LogP contribution in [0.1, 0.15) is 13.8 Å². The van der Waals surface area contributed by atoms with Crippen LogP contribution in [0.15, 0.2) is 21.2 Å². The largest absolute Gasteiger partial charge is 0.307 e. The number of carbonyl (C=O) groups is 1. The maximum absolute atomic E-state index is 11.4. The number of amides is 1. The molecule has 2 nitrogen and oxygen atoms in total. The lowest BCUT2D eigenvalue weighted by atomic mass is 10.2. The van der Waals surface area contributed by atoms with Gasteiger partial charge in [-0.3, -0.25) is 4.79 Å². The van der Waals surface area contributed by atoms with E-state index in [4.69, 9.17) is 0 Å². The van der Waals surface area contributed by atoms with Crippen LogP contribution in [0.5, 0.6) is 0 Å². The smallest absolute Gasteiger partial charge is 0.252 e. The molecule has 1 rings (SSSR count). The van der Waals surface area contributed by atoms with Crippen molar-refractivity contribution in [3.8, 4) is 0 Å². The number of allylic oxidation sites excluding steroid dienone is 1. The summed E-state index contributed by atoms with van der Waals surface area (Å²) in [7, 11) is 0. The Labute approximate surface area is 94.9 Å². The number of nitrogens with zero attached hydrogens (tertiary/aromatic N) is 1. The molecule has 0 aromatic rings. The van der Waals surface area contributed by atoms with Crippen LogP contribution in [0.4, 0.5) is 0 Å². The average Bonchev–Trinajstić information content (AvgIpc) is 2.26. The van der Waals surface area contributed by atoms with Crippen molar-refractivity contribution in [2.24, 2.45) is 5.92 Å². The lowest BCUT2D eigenvalue weighted by Crippen LogP contribution is -2.28. The Balaban J connectivity index is 2.82. The molecule has 0 bridgehead atoms. The molecule has 0 N–H and O–H groups in total. The Morgan fingerprint density at radius 1 is 1.62 bits per heavy atom. The predicted octanol–water partition coefficient (Wildman–Crippen LogP) is 3.00. The molecule has 0 fully saturated rings. The summed E-state index contributed by atoms with van der Waals surface area (Å²) >= 11 is 6.58. The third kappa shape index (κ3) is 2.44. The minimum atomic E-state index is 0.0475. The molecule has 0 saturated carbocycles. The van der Waals surface area contributed by atoms with E-state index in [1.54, 1.807) is 16.0 Å². The lowest BCUT2D eigenvalue weighted by molar-refractivity contribution is -0.123. The fourth-order valence-electron chi connectivity index (χ4n) is 1.17. The van der Waals surface area contributed by atoms with Crippen molar-refractivity contribution in [1.82, 2.24) is 4.90 Å². The number of hydrogen-bond donors (Lipinski definition) is 0. The molecule has 1 aliphatic heterocycles. The minimum Gasteiger partial charge on any atom is -0.307 e. The summed E-state index contributed by atoms with van der Waals surface area (Å²) in [5, 5.41) is 0. The fourth-order valence-corrected chi connectivity index (χ4v) is 2.50. The quantitative estimate of drug-likeness (QED) is 0.768. The van der Waals surface area contributed by atoms with Gasteiger partial charge in [0.25, 0.3) is 5.91 Å². The molecule has 72 valence electrons. The highest BCUT2D eigenvalue weighted by atomic mass is 79.9. The minimum absolute atomic E-state index is 0.0475. The normalized spacial score (nSPS) is 20.4. The second-order valence-electron chi connectivity index (χ2n) is 3.33. The number of rotatable bonds is 2. The topological polar surface area (TPSA) is 20.3 Å². The first-order valence-corrected chi connectivity index (χ1v) is 5.76. The van der Waals surface area contributed by atoms with Gasteiger partial charge >= 0.3 is 0 Å². The van der Waals surface area contributed by atoms with Crippen molar-refractivity contribution < 1.29 is 4.79 Å². The van der Waals surface area contributed by atoms with Gasteiger partial charge in [-0.05, 0) is 21.8 Å². The zero-order chi connectivity index (χ0) is 10.0. The first kappa shape index (κ1) is 11.0. The van der Waals surface area contributed by atoms with Gasteiger partial charge in [0.05, 0.1) is 5.70 Å². The maximum Gasteiger partial charge on any atom is 0.252 e. The van der Waals surface area contributed by atoms with Crippen molar-refractivity contribution in [1.29, 1.82) is 0 Å². The molecule has 1 heterocycles. The Hall–Kier alpha value is -0.0900. The first-order chi connectivity index (χ1) is 6.06. The third-order valence-electron chi connectivity index (χ3n) is 1.70. The standard InChI is InChI=1S/C9H11Br2NO/c1-6(2)5-12-8(4-10)7(11)3-9(12)13/h3-4,6H,5H2,1-2H3/b8-4-. The van der Waals surface area contributed by atoms with Gasteiger partial charge < -0.3 is 4.90 Å². The highest BCUT2D eigenvalue weighted by molar-refractivity contribution is 9.12. The number of hydrogen-bond acceptors (Lipinski definition) is 1. The zero-order valence-electron chi connectivity index (χ0n) is 7.55. The van der Waals surface area contributed by atoms with E-state index in [2.05, 4.69) is 45.7 Å². The summed E-state index contributed by atoms with van der Waals surface area (Å²) in [4.78, 5) is 15.0. The second-order valence-corrected chi connectivity index (χ2v) is 4.64. The van der Waals surface area contributed by atoms with E-state index < -0.39 is 0 Å². The molecule has 0 atom stereocenters. The summed E-state index contributed by atoms with van der Waals surface area (Å²) < 4.78 is 0.843. The Morgan fingerprint density at radius 2 is 2.23 bits per heavy atom. The third-order valence-corrected chi connectivity index (χ3v) is 2.77. The molecule has 0 aromatic heterocycles. The van der Waals surface area contributed by atoms with Gasteiger partial charge in [-0.1, -0.05) is 29.8 Å². The molecule has 4 heteroatoms. The molecular weight excluding hydrogens is 298 g/mol. The van der Waals surface area contributed by atoms with Crippen molar-refractivity contribution in [3.63, 3.8) is 0 Å². The Morgan fingerprint density at radius 3 is 2.69 bits per heavy atom. The van der Waals surface area contributed by atoms with E-state index in [1.807, 2.05) is 0 Å². The molecule has 1 aliphatic rings. The van der Waals surface area contributed by atoms with Crippen molar-refractivity contribution >= 4 is 37.8 Å².